The maximum Gasteiger partial charge on any atom is 0.262 e. The van der Waals surface area contributed by atoms with Crippen LogP contribution in [0, 0.1) is 6.92 Å². The molecular weight excluding hydrogens is 382 g/mol. The monoisotopic (exact) mass is 395 g/mol. The second-order valence-electron chi connectivity index (χ2n) is 5.73. The van der Waals surface area contributed by atoms with E-state index in [1.165, 1.54) is 11.3 Å². The highest BCUT2D eigenvalue weighted by molar-refractivity contribution is 7.14. The van der Waals surface area contributed by atoms with Crippen molar-refractivity contribution in [1.29, 1.82) is 0 Å². The summed E-state index contributed by atoms with van der Waals surface area (Å²) >= 11 is 7.78. The number of pyridine rings is 1. The summed E-state index contributed by atoms with van der Waals surface area (Å²) in [6.45, 7) is 1.75. The molecule has 0 saturated carbocycles. The lowest BCUT2D eigenvalue weighted by molar-refractivity contribution is 0.102. The van der Waals surface area contributed by atoms with Crippen LogP contribution in [0.2, 0.25) is 5.15 Å². The molecule has 0 unspecified atom stereocenters. The predicted octanol–water partition coefficient (Wildman–Crippen LogP) is 4.60. The molecule has 0 aliphatic carbocycles. The molecule has 27 heavy (non-hydrogen) atoms. The molecule has 4 rings (SSSR count). The second kappa shape index (κ2) is 7.30. The molecule has 0 radical (unpaired) electrons. The van der Waals surface area contributed by atoms with Gasteiger partial charge in [-0.3, -0.25) is 15.1 Å². The van der Waals surface area contributed by atoms with E-state index >= 15 is 0 Å². The van der Waals surface area contributed by atoms with Crippen LogP contribution < -0.4 is 5.32 Å². The number of carbonyl (C=O) groups excluding carboxylic acids is 1. The fourth-order valence-corrected chi connectivity index (χ4v) is 3.71. The maximum atomic E-state index is 12.8. The topological polar surface area (TPSA) is 72.7 Å². The second-order valence-corrected chi connectivity index (χ2v) is 6.95. The Balaban J connectivity index is 1.59. The van der Waals surface area contributed by atoms with Gasteiger partial charge in [-0.25, -0.2) is 9.67 Å². The predicted molar refractivity (Wildman–Crippen MR) is 107 cm³/mol. The molecule has 0 spiro atoms. The number of nitrogens with zero attached hydrogens (tertiary/aromatic N) is 4. The highest BCUT2D eigenvalue weighted by Crippen LogP contribution is 2.27. The highest BCUT2D eigenvalue weighted by Gasteiger charge is 2.22. The number of nitrogens with one attached hydrogen (secondary N) is 1. The number of carbonyl (C=O) groups is 1. The van der Waals surface area contributed by atoms with Crippen LogP contribution in [0.4, 0.5) is 5.13 Å². The van der Waals surface area contributed by atoms with E-state index in [9.17, 15) is 4.79 Å². The lowest BCUT2D eigenvalue weighted by Crippen LogP contribution is -2.13. The zero-order valence-corrected chi connectivity index (χ0v) is 15.8. The normalized spacial score (nSPS) is 10.7. The molecule has 0 aliphatic rings. The van der Waals surface area contributed by atoms with Crippen molar-refractivity contribution in [3.63, 3.8) is 0 Å². The quantitative estimate of drug-likeness (QED) is 0.547. The molecule has 0 saturated heterocycles. The van der Waals surface area contributed by atoms with Crippen LogP contribution in [-0.2, 0) is 0 Å². The van der Waals surface area contributed by atoms with Gasteiger partial charge in [0.15, 0.2) is 5.13 Å². The number of thiazole rings is 1. The van der Waals surface area contributed by atoms with Crippen LogP contribution in [0.3, 0.4) is 0 Å². The third-order valence-corrected chi connectivity index (χ3v) is 5.02. The molecule has 3 heterocycles. The molecular formula is C19H14ClN5OS. The van der Waals surface area contributed by atoms with Crippen LogP contribution in [0.5, 0.6) is 0 Å². The summed E-state index contributed by atoms with van der Waals surface area (Å²) in [6, 6.07) is 13.2. The standard InChI is InChI=1S/C19H14ClN5OS/c1-12-16(17(20)25(24-12)14-7-3-2-4-8-14)18(26)23-19-22-15(11-27-19)13-6-5-9-21-10-13/h2-11H,1H3,(H,22,23,26). The minimum Gasteiger partial charge on any atom is -0.298 e. The summed E-state index contributed by atoms with van der Waals surface area (Å²) < 4.78 is 1.55. The van der Waals surface area contributed by atoms with E-state index in [4.69, 9.17) is 11.6 Å². The first-order valence-corrected chi connectivity index (χ1v) is 9.37. The Labute approximate surface area is 164 Å². The molecule has 8 heteroatoms. The zero-order valence-electron chi connectivity index (χ0n) is 14.3. The third-order valence-electron chi connectivity index (χ3n) is 3.91. The van der Waals surface area contributed by atoms with Crippen LogP contribution >= 0.6 is 22.9 Å². The lowest BCUT2D eigenvalue weighted by atomic mass is 10.2. The molecule has 0 fully saturated rings. The molecule has 0 atom stereocenters. The van der Waals surface area contributed by atoms with Gasteiger partial charge >= 0.3 is 0 Å². The van der Waals surface area contributed by atoms with Crippen LogP contribution in [0.15, 0.2) is 60.2 Å². The third kappa shape index (κ3) is 3.47. The molecule has 1 N–H and O–H groups in total. The van der Waals surface area contributed by atoms with E-state index in [-0.39, 0.29) is 11.1 Å². The fourth-order valence-electron chi connectivity index (χ4n) is 2.63. The van der Waals surface area contributed by atoms with E-state index in [1.54, 1.807) is 24.0 Å². The Hall–Kier alpha value is -3.03. The minimum atomic E-state index is -0.341. The van der Waals surface area contributed by atoms with E-state index in [2.05, 4.69) is 20.4 Å². The largest absolute Gasteiger partial charge is 0.298 e. The van der Waals surface area contributed by atoms with Crippen molar-refractivity contribution in [2.75, 3.05) is 5.32 Å². The first-order valence-electron chi connectivity index (χ1n) is 8.11. The van der Waals surface area contributed by atoms with Gasteiger partial charge in [-0.05, 0) is 31.2 Å². The smallest absolute Gasteiger partial charge is 0.262 e. The number of amides is 1. The van der Waals surface area contributed by atoms with Crippen LogP contribution in [0.25, 0.3) is 16.9 Å². The summed E-state index contributed by atoms with van der Waals surface area (Å²) in [5.74, 6) is -0.341. The number of rotatable bonds is 4. The van der Waals surface area contributed by atoms with Crippen molar-refractivity contribution in [3.8, 4) is 16.9 Å². The molecule has 1 amide bonds. The molecule has 1 aromatic carbocycles. The molecule has 0 bridgehead atoms. The van der Waals surface area contributed by atoms with Crippen molar-refractivity contribution >= 4 is 34.0 Å². The van der Waals surface area contributed by atoms with Gasteiger partial charge in [0.05, 0.1) is 17.1 Å². The van der Waals surface area contributed by atoms with Gasteiger partial charge in [-0.1, -0.05) is 29.8 Å². The Morgan fingerprint density at radius 2 is 2.00 bits per heavy atom. The first-order chi connectivity index (χ1) is 13.1. The number of halogens is 1. The van der Waals surface area contributed by atoms with Gasteiger partial charge in [0, 0.05) is 23.3 Å². The van der Waals surface area contributed by atoms with E-state index in [1.807, 2.05) is 47.8 Å². The SMILES string of the molecule is Cc1nn(-c2ccccc2)c(Cl)c1C(=O)Nc1nc(-c2cccnc2)cs1. The molecule has 0 aliphatic heterocycles. The number of aromatic nitrogens is 4. The van der Waals surface area contributed by atoms with Crippen molar-refractivity contribution in [2.24, 2.45) is 0 Å². The number of anilines is 1. The van der Waals surface area contributed by atoms with Gasteiger partial charge in [0.25, 0.3) is 5.91 Å². The van der Waals surface area contributed by atoms with Crippen molar-refractivity contribution in [1.82, 2.24) is 19.7 Å². The van der Waals surface area contributed by atoms with Crippen LogP contribution in [-0.4, -0.2) is 25.7 Å². The van der Waals surface area contributed by atoms with Crippen molar-refractivity contribution < 1.29 is 4.79 Å². The maximum absolute atomic E-state index is 12.8. The summed E-state index contributed by atoms with van der Waals surface area (Å²) in [5, 5.41) is 9.82. The molecule has 134 valence electrons. The Morgan fingerprint density at radius 3 is 2.74 bits per heavy atom. The number of para-hydroxylation sites is 1. The van der Waals surface area contributed by atoms with Crippen molar-refractivity contribution in [3.05, 3.63) is 76.6 Å². The van der Waals surface area contributed by atoms with Crippen LogP contribution in [0.1, 0.15) is 16.1 Å². The summed E-state index contributed by atoms with van der Waals surface area (Å²) in [4.78, 5) is 21.3. The average Bonchev–Trinajstić information content (AvgIpc) is 3.27. The Morgan fingerprint density at radius 1 is 1.19 bits per heavy atom. The number of benzene rings is 1. The number of hydrogen-bond donors (Lipinski definition) is 1. The first kappa shape index (κ1) is 17.4. The molecule has 3 aromatic heterocycles. The number of aryl methyl sites for hydroxylation is 1. The Kier molecular flexibility index (Phi) is 4.70. The fraction of sp³-hybridized carbons (Fsp3) is 0.0526. The van der Waals surface area contributed by atoms with Crippen molar-refractivity contribution in [2.45, 2.75) is 6.92 Å². The molecule has 6 nitrogen and oxygen atoms in total. The molecule has 4 aromatic rings. The van der Waals surface area contributed by atoms with Gasteiger partial charge in [0.1, 0.15) is 10.7 Å². The van der Waals surface area contributed by atoms with Gasteiger partial charge in [-0.15, -0.1) is 11.3 Å². The minimum absolute atomic E-state index is 0.264. The van der Waals surface area contributed by atoms with E-state index in [0.29, 0.717) is 16.4 Å². The summed E-state index contributed by atoms with van der Waals surface area (Å²) in [7, 11) is 0. The van der Waals surface area contributed by atoms with E-state index < -0.39 is 0 Å². The van der Waals surface area contributed by atoms with Gasteiger partial charge in [-0.2, -0.15) is 5.10 Å². The summed E-state index contributed by atoms with van der Waals surface area (Å²) in [6.07, 6.45) is 3.43. The zero-order chi connectivity index (χ0) is 18.8. The average molecular weight is 396 g/mol. The summed E-state index contributed by atoms with van der Waals surface area (Å²) in [5.41, 5.74) is 3.31. The van der Waals surface area contributed by atoms with Gasteiger partial charge in [0.2, 0.25) is 0 Å². The lowest BCUT2D eigenvalue weighted by Gasteiger charge is -2.03. The van der Waals surface area contributed by atoms with E-state index in [0.717, 1.165) is 16.9 Å². The Bertz CT molecular complexity index is 1090. The highest BCUT2D eigenvalue weighted by atomic mass is 35.5. The van der Waals surface area contributed by atoms with Gasteiger partial charge < -0.3 is 0 Å². The number of hydrogen-bond acceptors (Lipinski definition) is 5.